The Hall–Kier alpha value is -1.44. The smallest absolute Gasteiger partial charge is 0.356 e. The molecule has 3 rings (SSSR count). The Kier molecular flexibility index (Phi) is 3.78. The number of halogens is 1. The van der Waals surface area contributed by atoms with E-state index in [1.807, 2.05) is 30.3 Å². The van der Waals surface area contributed by atoms with E-state index in [4.69, 9.17) is 18.9 Å². The Morgan fingerprint density at radius 1 is 1.22 bits per heavy atom. The molecule has 2 fully saturated rings. The van der Waals surface area contributed by atoms with Gasteiger partial charge in [0.15, 0.2) is 4.32 Å². The fourth-order valence-corrected chi connectivity index (χ4v) is 5.02. The molecule has 0 unspecified atom stereocenters. The minimum atomic E-state index is -1.66. The summed E-state index contributed by atoms with van der Waals surface area (Å²) in [6.45, 7) is 0. The predicted molar refractivity (Wildman–Crippen MR) is 83.0 cm³/mol. The summed E-state index contributed by atoms with van der Waals surface area (Å²) in [4.78, 5) is 25.2. The van der Waals surface area contributed by atoms with Crippen LogP contribution in [0, 0.1) is 0 Å². The van der Waals surface area contributed by atoms with E-state index in [1.165, 1.54) is 21.3 Å². The van der Waals surface area contributed by atoms with Crippen LogP contribution in [0.25, 0.3) is 0 Å². The summed E-state index contributed by atoms with van der Waals surface area (Å²) in [5, 5.41) is 0. The van der Waals surface area contributed by atoms with Crippen LogP contribution in [0.3, 0.4) is 0 Å². The topological polar surface area (TPSA) is 71.1 Å². The second kappa shape index (κ2) is 5.29. The second-order valence-electron chi connectivity index (χ2n) is 5.61. The zero-order valence-electron chi connectivity index (χ0n) is 13.0. The number of benzene rings is 1. The van der Waals surface area contributed by atoms with Crippen molar-refractivity contribution in [2.24, 2.45) is 0 Å². The first-order valence-electron chi connectivity index (χ1n) is 7.09. The van der Waals surface area contributed by atoms with Gasteiger partial charge in [-0.15, -0.1) is 0 Å². The molecule has 1 heterocycles. The molecule has 2 bridgehead atoms. The molecule has 3 atom stereocenters. The van der Waals surface area contributed by atoms with Crippen molar-refractivity contribution in [3.8, 4) is 0 Å². The van der Waals surface area contributed by atoms with Crippen LogP contribution in [0.5, 0.6) is 0 Å². The van der Waals surface area contributed by atoms with Crippen molar-refractivity contribution in [3.63, 3.8) is 0 Å². The molecular formula is C16H17BrO6. The van der Waals surface area contributed by atoms with Crippen LogP contribution in [0.4, 0.5) is 0 Å². The number of fused-ring (bicyclic) bond motifs is 2. The van der Waals surface area contributed by atoms with Gasteiger partial charge in [-0.1, -0.05) is 46.3 Å². The van der Waals surface area contributed by atoms with Crippen molar-refractivity contribution in [2.75, 3.05) is 21.3 Å². The van der Waals surface area contributed by atoms with Gasteiger partial charge in [0.05, 0.1) is 7.11 Å². The molecule has 0 N–H and O–H groups in total. The van der Waals surface area contributed by atoms with Crippen molar-refractivity contribution in [2.45, 2.75) is 28.1 Å². The zero-order chi connectivity index (χ0) is 16.9. The molecule has 1 aliphatic carbocycles. The van der Waals surface area contributed by atoms with Gasteiger partial charge in [-0.3, -0.25) is 4.79 Å². The molecule has 0 aromatic heterocycles. The third-order valence-electron chi connectivity index (χ3n) is 4.84. The van der Waals surface area contributed by atoms with E-state index in [-0.39, 0.29) is 12.3 Å². The minimum Gasteiger partial charge on any atom is -0.466 e. The Morgan fingerprint density at radius 3 is 2.35 bits per heavy atom. The van der Waals surface area contributed by atoms with Gasteiger partial charge in [0.25, 0.3) is 5.60 Å². The SMILES string of the molecule is COC(=O)[C@]12C[C@H](c3ccccc3)[C@](Br)(C(=O)O1)C2(OC)OC. The quantitative estimate of drug-likeness (QED) is 0.447. The number of carbonyl (C=O) groups excluding carboxylic acids is 2. The molecule has 23 heavy (non-hydrogen) atoms. The maximum Gasteiger partial charge on any atom is 0.356 e. The minimum absolute atomic E-state index is 0.197. The number of rotatable bonds is 4. The highest BCUT2D eigenvalue weighted by Crippen LogP contribution is 2.67. The van der Waals surface area contributed by atoms with Crippen molar-refractivity contribution >= 4 is 27.9 Å². The highest BCUT2D eigenvalue weighted by molar-refractivity contribution is 9.10. The Balaban J connectivity index is 2.24. The highest BCUT2D eigenvalue weighted by atomic mass is 79.9. The standard InChI is InChI=1S/C16H17BrO6/c1-20-12(18)14-9-11(10-7-5-4-6-8-10)15(17,13(19)23-14)16(14,21-2)22-3/h4-8,11H,9H2,1-3H3/t11-,14+,15+/m1/s1. The lowest BCUT2D eigenvalue weighted by Crippen LogP contribution is -2.61. The number of ether oxygens (including phenoxy) is 4. The molecule has 0 spiro atoms. The van der Waals surface area contributed by atoms with Crippen molar-refractivity contribution in [1.82, 2.24) is 0 Å². The molecule has 2 aliphatic rings. The van der Waals surface area contributed by atoms with Gasteiger partial charge < -0.3 is 18.9 Å². The van der Waals surface area contributed by atoms with E-state index in [9.17, 15) is 9.59 Å². The van der Waals surface area contributed by atoms with Crippen LogP contribution in [-0.2, 0) is 28.5 Å². The Bertz CT molecular complexity index is 643. The van der Waals surface area contributed by atoms with E-state index in [0.29, 0.717) is 0 Å². The summed E-state index contributed by atoms with van der Waals surface area (Å²) in [6.07, 6.45) is 0.197. The van der Waals surface area contributed by atoms with Crippen LogP contribution in [0.2, 0.25) is 0 Å². The van der Waals surface area contributed by atoms with Gasteiger partial charge in [-0.25, -0.2) is 4.79 Å². The Labute approximate surface area is 142 Å². The number of methoxy groups -OCH3 is 3. The maximum atomic E-state index is 12.7. The summed E-state index contributed by atoms with van der Waals surface area (Å²) in [5.41, 5.74) is -0.780. The molecule has 1 aromatic carbocycles. The maximum absolute atomic E-state index is 12.7. The molecule has 7 heteroatoms. The van der Waals surface area contributed by atoms with Crippen molar-refractivity contribution in [1.29, 1.82) is 0 Å². The second-order valence-corrected chi connectivity index (χ2v) is 6.86. The largest absolute Gasteiger partial charge is 0.466 e. The van der Waals surface area contributed by atoms with Gasteiger partial charge >= 0.3 is 11.9 Å². The molecule has 1 aliphatic heterocycles. The van der Waals surface area contributed by atoms with E-state index in [2.05, 4.69) is 15.9 Å². The zero-order valence-corrected chi connectivity index (χ0v) is 14.6. The van der Waals surface area contributed by atoms with Gasteiger partial charge in [0.2, 0.25) is 5.79 Å². The highest BCUT2D eigenvalue weighted by Gasteiger charge is 2.87. The molecule has 0 radical (unpaired) electrons. The number of hydrogen-bond acceptors (Lipinski definition) is 6. The molecule has 0 amide bonds. The van der Waals surface area contributed by atoms with Crippen LogP contribution in [0.1, 0.15) is 17.9 Å². The number of esters is 2. The third-order valence-corrected chi connectivity index (χ3v) is 6.24. The van der Waals surface area contributed by atoms with Crippen molar-refractivity contribution in [3.05, 3.63) is 35.9 Å². The molecular weight excluding hydrogens is 368 g/mol. The lowest BCUT2D eigenvalue weighted by Gasteiger charge is -2.37. The molecule has 1 saturated carbocycles. The summed E-state index contributed by atoms with van der Waals surface area (Å²) in [6, 6.07) is 9.40. The van der Waals surface area contributed by atoms with Crippen LogP contribution >= 0.6 is 15.9 Å². The Morgan fingerprint density at radius 2 is 1.83 bits per heavy atom. The molecule has 6 nitrogen and oxygen atoms in total. The van der Waals surface area contributed by atoms with E-state index in [0.717, 1.165) is 5.56 Å². The van der Waals surface area contributed by atoms with Crippen LogP contribution in [0.15, 0.2) is 30.3 Å². The first-order chi connectivity index (χ1) is 10.9. The third kappa shape index (κ3) is 1.70. The number of carbonyl (C=O) groups is 2. The monoisotopic (exact) mass is 384 g/mol. The van der Waals surface area contributed by atoms with E-state index in [1.54, 1.807) is 0 Å². The van der Waals surface area contributed by atoms with E-state index >= 15 is 0 Å². The average Bonchev–Trinajstić information content (AvgIpc) is 2.93. The summed E-state index contributed by atoms with van der Waals surface area (Å²) >= 11 is 3.50. The van der Waals surface area contributed by atoms with Crippen molar-refractivity contribution < 1.29 is 28.5 Å². The average molecular weight is 385 g/mol. The van der Waals surface area contributed by atoms with Crippen LogP contribution in [-0.4, -0.2) is 49.0 Å². The van der Waals surface area contributed by atoms with Crippen LogP contribution < -0.4 is 0 Å². The number of hydrogen-bond donors (Lipinski definition) is 0. The van der Waals surface area contributed by atoms with Gasteiger partial charge in [-0.2, -0.15) is 0 Å². The summed E-state index contributed by atoms with van der Waals surface area (Å²) in [7, 11) is 4.00. The first kappa shape index (κ1) is 16.4. The lowest BCUT2D eigenvalue weighted by molar-refractivity contribution is -0.265. The normalized spacial score (nSPS) is 34.3. The first-order valence-corrected chi connectivity index (χ1v) is 7.89. The van der Waals surface area contributed by atoms with Gasteiger partial charge in [-0.05, 0) is 5.56 Å². The number of alkyl halides is 1. The molecule has 124 valence electrons. The van der Waals surface area contributed by atoms with Gasteiger partial charge in [0, 0.05) is 26.6 Å². The van der Waals surface area contributed by atoms with Gasteiger partial charge in [0.1, 0.15) is 0 Å². The fourth-order valence-electron chi connectivity index (χ4n) is 3.87. The predicted octanol–water partition coefficient (Wildman–Crippen LogP) is 1.77. The fraction of sp³-hybridized carbons (Fsp3) is 0.500. The molecule has 1 aromatic rings. The summed E-state index contributed by atoms with van der Waals surface area (Å²) in [5.74, 6) is -3.30. The molecule has 1 saturated heterocycles. The summed E-state index contributed by atoms with van der Waals surface area (Å²) < 4.78 is 20.1. The lowest BCUT2D eigenvalue weighted by atomic mass is 9.86. The van der Waals surface area contributed by atoms with E-state index < -0.39 is 27.7 Å².